The molecule has 0 aromatic carbocycles. The third-order valence-corrected chi connectivity index (χ3v) is 3.27. The van der Waals surface area contributed by atoms with E-state index in [9.17, 15) is 0 Å². The van der Waals surface area contributed by atoms with E-state index in [1.54, 1.807) is 0 Å². The summed E-state index contributed by atoms with van der Waals surface area (Å²) in [6, 6.07) is 0. The van der Waals surface area contributed by atoms with Gasteiger partial charge in [0.05, 0.1) is 6.61 Å². The Bertz CT molecular complexity index is 334. The van der Waals surface area contributed by atoms with Crippen LogP contribution in [0.1, 0.15) is 19.8 Å². The first kappa shape index (κ1) is 11.6. The summed E-state index contributed by atoms with van der Waals surface area (Å²) in [5, 5.41) is 0. The van der Waals surface area contributed by atoms with Crippen LogP contribution in [0.3, 0.4) is 0 Å². The first-order chi connectivity index (χ1) is 7.62. The zero-order chi connectivity index (χ0) is 11.6. The average molecular weight is 221 g/mol. The molecule has 88 valence electrons. The van der Waals surface area contributed by atoms with Crippen molar-refractivity contribution < 1.29 is 9.47 Å². The van der Waals surface area contributed by atoms with Crippen molar-refractivity contribution in [2.45, 2.75) is 31.4 Å². The van der Waals surface area contributed by atoms with E-state index in [0.717, 1.165) is 18.4 Å². The highest BCUT2D eigenvalue weighted by Crippen LogP contribution is 2.38. The van der Waals surface area contributed by atoms with E-state index in [1.165, 1.54) is 5.57 Å². The Kier molecular flexibility index (Phi) is 3.28. The molecule has 2 N–H and O–H groups in total. The fourth-order valence-electron chi connectivity index (χ4n) is 1.67. The second-order valence-corrected chi connectivity index (χ2v) is 4.58. The number of ether oxygens (including phenoxy) is 2. The number of allylic oxidation sites excluding steroid dienone is 2. The molecule has 1 aliphatic carbocycles. The molecule has 0 aromatic heterocycles. The highest BCUT2D eigenvalue weighted by Gasteiger charge is 2.39. The fourth-order valence-corrected chi connectivity index (χ4v) is 1.67. The Morgan fingerprint density at radius 2 is 2.25 bits per heavy atom. The summed E-state index contributed by atoms with van der Waals surface area (Å²) in [5.41, 5.74) is 8.21. The van der Waals surface area contributed by atoms with Crippen LogP contribution in [-0.4, -0.2) is 25.0 Å². The van der Waals surface area contributed by atoms with Crippen LogP contribution in [0.2, 0.25) is 0 Å². The summed E-state index contributed by atoms with van der Waals surface area (Å²) in [7, 11) is 0. The molecule has 0 spiro atoms. The predicted octanol–water partition coefficient (Wildman–Crippen LogP) is 1.91. The molecule has 1 saturated heterocycles. The highest BCUT2D eigenvalue weighted by molar-refractivity contribution is 5.31. The minimum atomic E-state index is -0.0291. The lowest BCUT2D eigenvalue weighted by Crippen LogP contribution is -2.22. The van der Waals surface area contributed by atoms with Crippen LogP contribution in [0, 0.1) is 0 Å². The van der Waals surface area contributed by atoms with Gasteiger partial charge in [-0.25, -0.2) is 0 Å². The Hall–Kier alpha value is -0.900. The molecule has 1 heterocycles. The molecule has 16 heavy (non-hydrogen) atoms. The summed E-state index contributed by atoms with van der Waals surface area (Å²) in [6.07, 6.45) is 8.24. The molecular weight excluding hydrogens is 202 g/mol. The molecule has 1 unspecified atom stereocenters. The van der Waals surface area contributed by atoms with Gasteiger partial charge in [-0.3, -0.25) is 0 Å². The van der Waals surface area contributed by atoms with Crippen molar-refractivity contribution in [3.63, 3.8) is 0 Å². The van der Waals surface area contributed by atoms with Gasteiger partial charge >= 0.3 is 0 Å². The maximum Gasteiger partial charge on any atom is 0.147 e. The van der Waals surface area contributed by atoms with Crippen molar-refractivity contribution in [1.82, 2.24) is 0 Å². The summed E-state index contributed by atoms with van der Waals surface area (Å²) < 4.78 is 10.5. The largest absolute Gasteiger partial charge is 0.352 e. The molecule has 0 amide bonds. The van der Waals surface area contributed by atoms with E-state index in [-0.39, 0.29) is 11.6 Å². The SMILES string of the molecule is C=C(/C=C\C=C(/C)C1(N)CC1)C1COCO1. The van der Waals surface area contributed by atoms with Crippen molar-refractivity contribution >= 4 is 0 Å². The third kappa shape index (κ3) is 2.61. The topological polar surface area (TPSA) is 44.5 Å². The molecule has 0 aromatic rings. The molecule has 2 aliphatic rings. The van der Waals surface area contributed by atoms with Crippen molar-refractivity contribution in [1.29, 1.82) is 0 Å². The molecule has 1 aliphatic heterocycles. The molecule has 1 atom stereocenters. The lowest BCUT2D eigenvalue weighted by molar-refractivity contribution is 0.0557. The van der Waals surface area contributed by atoms with Crippen LogP contribution in [-0.2, 0) is 9.47 Å². The first-order valence-corrected chi connectivity index (χ1v) is 5.64. The highest BCUT2D eigenvalue weighted by atomic mass is 16.7. The quantitative estimate of drug-likeness (QED) is 0.737. The van der Waals surface area contributed by atoms with Crippen molar-refractivity contribution in [3.05, 3.63) is 36.0 Å². The summed E-state index contributed by atoms with van der Waals surface area (Å²) >= 11 is 0. The molecule has 3 nitrogen and oxygen atoms in total. The predicted molar refractivity (Wildman–Crippen MR) is 63.9 cm³/mol. The van der Waals surface area contributed by atoms with Crippen LogP contribution in [0.4, 0.5) is 0 Å². The van der Waals surface area contributed by atoms with Crippen LogP contribution in [0.15, 0.2) is 36.0 Å². The Labute approximate surface area is 96.6 Å². The summed E-state index contributed by atoms with van der Waals surface area (Å²) in [4.78, 5) is 0. The van der Waals surface area contributed by atoms with Gasteiger partial charge in [-0.15, -0.1) is 0 Å². The Morgan fingerprint density at radius 3 is 2.81 bits per heavy atom. The van der Waals surface area contributed by atoms with E-state index in [2.05, 4.69) is 19.6 Å². The third-order valence-electron chi connectivity index (χ3n) is 3.27. The zero-order valence-electron chi connectivity index (χ0n) is 9.74. The maximum atomic E-state index is 6.06. The minimum absolute atomic E-state index is 0.0118. The van der Waals surface area contributed by atoms with Crippen LogP contribution in [0.5, 0.6) is 0 Å². The molecule has 2 rings (SSSR count). The smallest absolute Gasteiger partial charge is 0.147 e. The second kappa shape index (κ2) is 4.53. The standard InChI is InChI=1S/C13H19NO2/c1-10(12-8-15-9-16-12)4-3-5-11(2)13(14)6-7-13/h3-5,12H,1,6-9,14H2,2H3/b4-3-,11-5+. The molecular formula is C13H19NO2. The van der Waals surface area contributed by atoms with Crippen LogP contribution >= 0.6 is 0 Å². The van der Waals surface area contributed by atoms with Gasteiger partial charge in [0.2, 0.25) is 0 Å². The number of rotatable bonds is 4. The number of nitrogens with two attached hydrogens (primary N) is 1. The van der Waals surface area contributed by atoms with Gasteiger partial charge in [0, 0.05) is 5.54 Å². The number of hydrogen-bond donors (Lipinski definition) is 1. The average Bonchev–Trinajstić information content (AvgIpc) is 2.83. The monoisotopic (exact) mass is 221 g/mol. The van der Waals surface area contributed by atoms with E-state index in [4.69, 9.17) is 15.2 Å². The molecule has 0 radical (unpaired) electrons. The second-order valence-electron chi connectivity index (χ2n) is 4.58. The first-order valence-electron chi connectivity index (χ1n) is 5.64. The van der Waals surface area contributed by atoms with Gasteiger partial charge in [0.1, 0.15) is 12.9 Å². The summed E-state index contributed by atoms with van der Waals surface area (Å²) in [6.45, 7) is 7.01. The van der Waals surface area contributed by atoms with Crippen molar-refractivity contribution in [2.75, 3.05) is 13.4 Å². The van der Waals surface area contributed by atoms with E-state index >= 15 is 0 Å². The van der Waals surface area contributed by atoms with Gasteiger partial charge in [-0.05, 0) is 25.3 Å². The van der Waals surface area contributed by atoms with Gasteiger partial charge in [-0.2, -0.15) is 0 Å². The summed E-state index contributed by atoms with van der Waals surface area (Å²) in [5.74, 6) is 0. The zero-order valence-corrected chi connectivity index (χ0v) is 9.74. The van der Waals surface area contributed by atoms with E-state index < -0.39 is 0 Å². The normalized spacial score (nSPS) is 28.6. The van der Waals surface area contributed by atoms with Crippen LogP contribution < -0.4 is 5.73 Å². The Morgan fingerprint density at radius 1 is 1.50 bits per heavy atom. The van der Waals surface area contributed by atoms with Gasteiger partial charge in [0.25, 0.3) is 0 Å². The lowest BCUT2D eigenvalue weighted by atomic mass is 10.1. The molecule has 3 heteroatoms. The van der Waals surface area contributed by atoms with Gasteiger partial charge in [-0.1, -0.05) is 30.4 Å². The molecule has 0 bridgehead atoms. The van der Waals surface area contributed by atoms with E-state index in [0.29, 0.717) is 13.4 Å². The van der Waals surface area contributed by atoms with Gasteiger partial charge < -0.3 is 15.2 Å². The molecule has 1 saturated carbocycles. The van der Waals surface area contributed by atoms with E-state index in [1.807, 2.05) is 12.2 Å². The lowest BCUT2D eigenvalue weighted by Gasteiger charge is -2.08. The molecule has 2 fully saturated rings. The number of hydrogen-bond acceptors (Lipinski definition) is 3. The minimum Gasteiger partial charge on any atom is -0.352 e. The van der Waals surface area contributed by atoms with Crippen molar-refractivity contribution in [3.8, 4) is 0 Å². The van der Waals surface area contributed by atoms with Crippen LogP contribution in [0.25, 0.3) is 0 Å². The van der Waals surface area contributed by atoms with Crippen molar-refractivity contribution in [2.24, 2.45) is 5.73 Å². The maximum absolute atomic E-state index is 6.06. The fraction of sp³-hybridized carbons (Fsp3) is 0.538. The Balaban J connectivity index is 1.86. The van der Waals surface area contributed by atoms with Gasteiger partial charge in [0.15, 0.2) is 0 Å².